The van der Waals surface area contributed by atoms with Crippen LogP contribution in [0.25, 0.3) is 0 Å². The summed E-state index contributed by atoms with van der Waals surface area (Å²) in [7, 11) is 1.64. The van der Waals surface area contributed by atoms with Crippen molar-refractivity contribution < 1.29 is 12.8 Å². The van der Waals surface area contributed by atoms with Crippen molar-refractivity contribution in [2.75, 3.05) is 21.1 Å². The Bertz CT molecular complexity index is 943. The molecule has 0 saturated carbocycles. The van der Waals surface area contributed by atoms with E-state index in [0.29, 0.717) is 19.0 Å². The maximum atomic E-state index is 13.4. The summed E-state index contributed by atoms with van der Waals surface area (Å²) in [5.41, 5.74) is 1.77. The van der Waals surface area contributed by atoms with Crippen LogP contribution in [0.5, 0.6) is 0 Å². The number of sulfonamides is 1. The predicted octanol–water partition coefficient (Wildman–Crippen LogP) is 3.06. The van der Waals surface area contributed by atoms with E-state index in [1.54, 1.807) is 44.4 Å². The van der Waals surface area contributed by atoms with Crippen LogP contribution in [0.4, 0.5) is 4.39 Å². The summed E-state index contributed by atoms with van der Waals surface area (Å²) in [6.45, 7) is 4.67. The zero-order valence-electron chi connectivity index (χ0n) is 17.6. The number of hydrogen-bond donors (Lipinski definition) is 1. The van der Waals surface area contributed by atoms with Crippen LogP contribution in [0.15, 0.2) is 58.4 Å². The lowest BCUT2D eigenvalue weighted by atomic mass is 10.2. The molecule has 0 amide bonds. The monoisotopic (exact) mass is 420 g/mol. The Balaban J connectivity index is 2.01. The molecular formula is C21H29FN4O2S. The van der Waals surface area contributed by atoms with Crippen molar-refractivity contribution >= 4 is 16.0 Å². The minimum Gasteiger partial charge on any atom is -0.352 e. The number of halogens is 1. The summed E-state index contributed by atoms with van der Waals surface area (Å²) in [5.74, 6) is 0.391. The number of aliphatic imine (C=N–C) groups is 1. The van der Waals surface area contributed by atoms with Gasteiger partial charge in [-0.1, -0.05) is 24.3 Å². The Labute approximate surface area is 173 Å². The second-order valence-corrected chi connectivity index (χ2v) is 9.14. The van der Waals surface area contributed by atoms with Crippen LogP contribution >= 0.6 is 0 Å². The van der Waals surface area contributed by atoms with Crippen molar-refractivity contribution in [3.8, 4) is 0 Å². The average Bonchev–Trinajstić information content (AvgIpc) is 2.68. The average molecular weight is 421 g/mol. The van der Waals surface area contributed by atoms with Crippen LogP contribution in [0, 0.1) is 5.82 Å². The molecule has 0 aliphatic carbocycles. The molecule has 0 spiro atoms. The summed E-state index contributed by atoms with van der Waals surface area (Å²) in [5, 5.41) is 3.24. The van der Waals surface area contributed by atoms with Gasteiger partial charge in [0.25, 0.3) is 0 Å². The van der Waals surface area contributed by atoms with E-state index in [9.17, 15) is 12.8 Å². The van der Waals surface area contributed by atoms with Crippen molar-refractivity contribution in [2.24, 2.45) is 4.99 Å². The molecule has 2 rings (SSSR count). The smallest absolute Gasteiger partial charge is 0.243 e. The number of nitrogens with one attached hydrogen (secondary N) is 1. The van der Waals surface area contributed by atoms with Gasteiger partial charge in [0, 0.05) is 40.3 Å². The van der Waals surface area contributed by atoms with E-state index in [0.717, 1.165) is 11.1 Å². The van der Waals surface area contributed by atoms with Gasteiger partial charge in [0.05, 0.1) is 4.90 Å². The molecule has 0 radical (unpaired) electrons. The molecule has 8 heteroatoms. The molecule has 0 aliphatic heterocycles. The minimum atomic E-state index is -3.49. The van der Waals surface area contributed by atoms with Gasteiger partial charge in [-0.2, -0.15) is 4.31 Å². The molecule has 0 aliphatic rings. The van der Waals surface area contributed by atoms with Gasteiger partial charge in [0.15, 0.2) is 5.96 Å². The molecule has 6 nitrogen and oxygen atoms in total. The maximum absolute atomic E-state index is 13.4. The third kappa shape index (κ3) is 6.01. The lowest BCUT2D eigenvalue weighted by Crippen LogP contribution is -2.38. The SMILES string of the molecule is CN=C(NCc1ccc(S(=O)(=O)N(C)C(C)C)cc1)N(C)Cc1cccc(F)c1. The Kier molecular flexibility index (Phi) is 7.75. The van der Waals surface area contributed by atoms with E-state index in [-0.39, 0.29) is 16.8 Å². The fourth-order valence-electron chi connectivity index (χ4n) is 2.77. The van der Waals surface area contributed by atoms with Gasteiger partial charge in [-0.3, -0.25) is 4.99 Å². The number of benzene rings is 2. The van der Waals surface area contributed by atoms with Crippen molar-refractivity contribution in [1.82, 2.24) is 14.5 Å². The zero-order valence-corrected chi connectivity index (χ0v) is 18.4. The molecule has 2 aromatic carbocycles. The lowest BCUT2D eigenvalue weighted by molar-refractivity contribution is 0.410. The van der Waals surface area contributed by atoms with E-state index in [1.165, 1.54) is 16.4 Å². The summed E-state index contributed by atoms with van der Waals surface area (Å²) < 4.78 is 39.8. The van der Waals surface area contributed by atoms with Gasteiger partial charge in [-0.05, 0) is 49.2 Å². The van der Waals surface area contributed by atoms with Crippen LogP contribution in [0.1, 0.15) is 25.0 Å². The first-order valence-corrected chi connectivity index (χ1v) is 10.8. The first-order valence-electron chi connectivity index (χ1n) is 9.38. The molecule has 0 unspecified atom stereocenters. The number of nitrogens with zero attached hydrogens (tertiary/aromatic N) is 3. The highest BCUT2D eigenvalue weighted by Crippen LogP contribution is 2.17. The highest BCUT2D eigenvalue weighted by Gasteiger charge is 2.22. The first-order chi connectivity index (χ1) is 13.6. The highest BCUT2D eigenvalue weighted by atomic mass is 32.2. The van der Waals surface area contributed by atoms with Gasteiger partial charge in [0.1, 0.15) is 5.82 Å². The van der Waals surface area contributed by atoms with E-state index in [1.807, 2.05) is 31.9 Å². The molecule has 2 aromatic rings. The van der Waals surface area contributed by atoms with Crippen LogP contribution in [-0.2, 0) is 23.1 Å². The van der Waals surface area contributed by atoms with Gasteiger partial charge in [-0.25, -0.2) is 12.8 Å². The third-order valence-corrected chi connectivity index (χ3v) is 6.71. The van der Waals surface area contributed by atoms with E-state index in [2.05, 4.69) is 10.3 Å². The van der Waals surface area contributed by atoms with Crippen molar-refractivity contribution in [1.29, 1.82) is 0 Å². The van der Waals surface area contributed by atoms with Gasteiger partial charge < -0.3 is 10.2 Å². The van der Waals surface area contributed by atoms with E-state index in [4.69, 9.17) is 0 Å². The number of rotatable bonds is 7. The molecular weight excluding hydrogens is 391 g/mol. The molecule has 0 bridgehead atoms. The Morgan fingerprint density at radius 2 is 1.76 bits per heavy atom. The van der Waals surface area contributed by atoms with E-state index < -0.39 is 10.0 Å². The largest absolute Gasteiger partial charge is 0.352 e. The molecule has 158 valence electrons. The van der Waals surface area contributed by atoms with Crippen molar-refractivity contribution in [3.05, 3.63) is 65.5 Å². The minimum absolute atomic E-state index is 0.113. The molecule has 29 heavy (non-hydrogen) atoms. The van der Waals surface area contributed by atoms with E-state index >= 15 is 0 Å². The highest BCUT2D eigenvalue weighted by molar-refractivity contribution is 7.89. The van der Waals surface area contributed by atoms with Crippen LogP contribution in [0.2, 0.25) is 0 Å². The quantitative estimate of drug-likeness (QED) is 0.552. The summed E-state index contributed by atoms with van der Waals surface area (Å²) in [6.07, 6.45) is 0. The summed E-state index contributed by atoms with van der Waals surface area (Å²) >= 11 is 0. The second kappa shape index (κ2) is 9.84. The van der Waals surface area contributed by atoms with Crippen LogP contribution in [-0.4, -0.2) is 50.8 Å². The molecule has 1 N–H and O–H groups in total. The number of guanidine groups is 1. The lowest BCUT2D eigenvalue weighted by Gasteiger charge is -2.23. The Hall–Kier alpha value is -2.45. The second-order valence-electron chi connectivity index (χ2n) is 7.15. The fourth-order valence-corrected chi connectivity index (χ4v) is 4.14. The molecule has 0 heterocycles. The van der Waals surface area contributed by atoms with Crippen LogP contribution in [0.3, 0.4) is 0 Å². The summed E-state index contributed by atoms with van der Waals surface area (Å²) in [4.78, 5) is 6.42. The van der Waals surface area contributed by atoms with Gasteiger partial charge >= 0.3 is 0 Å². The van der Waals surface area contributed by atoms with Crippen LogP contribution < -0.4 is 5.32 Å². The first kappa shape index (κ1) is 22.8. The van der Waals surface area contributed by atoms with Gasteiger partial charge in [0.2, 0.25) is 10.0 Å². The van der Waals surface area contributed by atoms with Gasteiger partial charge in [-0.15, -0.1) is 0 Å². The molecule has 0 fully saturated rings. The standard InChI is InChI=1S/C21H29FN4O2S/c1-16(2)26(5)29(27,28)20-11-9-17(10-12-20)14-24-21(23-3)25(4)15-18-7-6-8-19(22)13-18/h6-13,16H,14-15H2,1-5H3,(H,23,24). The fraction of sp³-hybridized carbons (Fsp3) is 0.381. The third-order valence-electron chi connectivity index (χ3n) is 4.66. The molecule has 0 saturated heterocycles. The maximum Gasteiger partial charge on any atom is 0.243 e. The normalized spacial score (nSPS) is 12.5. The topological polar surface area (TPSA) is 65.0 Å². The van der Waals surface area contributed by atoms with Crippen molar-refractivity contribution in [3.63, 3.8) is 0 Å². The zero-order chi connectivity index (χ0) is 21.6. The summed E-state index contributed by atoms with van der Waals surface area (Å²) in [6, 6.07) is 13.1. The Morgan fingerprint density at radius 3 is 2.31 bits per heavy atom. The molecule has 0 aromatic heterocycles. The predicted molar refractivity (Wildman–Crippen MR) is 115 cm³/mol. The van der Waals surface area contributed by atoms with Crippen molar-refractivity contribution in [2.45, 2.75) is 37.9 Å². The number of hydrogen-bond acceptors (Lipinski definition) is 3. The molecule has 0 atom stereocenters. The Morgan fingerprint density at radius 1 is 1.10 bits per heavy atom.